The van der Waals surface area contributed by atoms with Gasteiger partial charge in [-0.05, 0) is 25.3 Å². The van der Waals surface area contributed by atoms with Crippen LogP contribution in [0.2, 0.25) is 0 Å². The molecule has 0 bridgehead atoms. The third-order valence-electron chi connectivity index (χ3n) is 4.68. The Kier molecular flexibility index (Phi) is 4.15. The van der Waals surface area contributed by atoms with E-state index in [1.807, 2.05) is 0 Å². The number of hydrogen-bond acceptors (Lipinski definition) is 4. The lowest BCUT2D eigenvalue weighted by atomic mass is 9.86. The second kappa shape index (κ2) is 5.91. The predicted molar refractivity (Wildman–Crippen MR) is 76.8 cm³/mol. The van der Waals surface area contributed by atoms with Crippen LogP contribution in [-0.2, 0) is 11.3 Å². The molecule has 0 saturated carbocycles. The Hall–Kier alpha value is -1.17. The quantitative estimate of drug-likeness (QED) is 0.925. The molecule has 2 aliphatic heterocycles. The van der Waals surface area contributed by atoms with Crippen molar-refractivity contribution in [1.82, 2.24) is 4.90 Å². The van der Waals surface area contributed by atoms with Gasteiger partial charge in [0.25, 0.3) is 0 Å². The summed E-state index contributed by atoms with van der Waals surface area (Å²) in [5.74, 6) is -0.0486. The molecule has 2 fully saturated rings. The Morgan fingerprint density at radius 1 is 1.48 bits per heavy atom. The summed E-state index contributed by atoms with van der Waals surface area (Å²) < 4.78 is 25.0. The minimum Gasteiger partial charge on any atom is -0.494 e. The van der Waals surface area contributed by atoms with Gasteiger partial charge < -0.3 is 14.6 Å². The van der Waals surface area contributed by atoms with Crippen molar-refractivity contribution in [2.24, 2.45) is 0 Å². The number of β-amino-alcohol motifs (C(OH)–C–C–N with tert-alkyl or cyclic N) is 1. The van der Waals surface area contributed by atoms with E-state index in [-0.39, 0.29) is 17.2 Å². The molecule has 116 valence electrons. The SMILES string of the molecule is COc1cccc(CN2CC[C@@]3(CCCO3)[C@@H](O)C2)c1F. The molecule has 2 aliphatic rings. The van der Waals surface area contributed by atoms with Gasteiger partial charge in [-0.15, -0.1) is 0 Å². The number of piperidine rings is 1. The van der Waals surface area contributed by atoms with Crippen LogP contribution in [-0.4, -0.2) is 48.5 Å². The van der Waals surface area contributed by atoms with Crippen molar-refractivity contribution >= 4 is 0 Å². The van der Waals surface area contributed by atoms with Gasteiger partial charge in [-0.1, -0.05) is 12.1 Å². The molecule has 0 aromatic heterocycles. The van der Waals surface area contributed by atoms with Gasteiger partial charge in [0.1, 0.15) is 0 Å². The Morgan fingerprint density at radius 2 is 2.33 bits per heavy atom. The van der Waals surface area contributed by atoms with Crippen LogP contribution in [0.3, 0.4) is 0 Å². The lowest BCUT2D eigenvalue weighted by molar-refractivity contribution is -0.130. The summed E-state index contributed by atoms with van der Waals surface area (Å²) in [6, 6.07) is 5.17. The highest BCUT2D eigenvalue weighted by Crippen LogP contribution is 2.36. The van der Waals surface area contributed by atoms with Gasteiger partial charge in [-0.3, -0.25) is 4.90 Å². The number of methoxy groups -OCH3 is 1. The van der Waals surface area contributed by atoms with E-state index >= 15 is 0 Å². The molecule has 21 heavy (non-hydrogen) atoms. The molecular formula is C16H22FNO3. The van der Waals surface area contributed by atoms with Gasteiger partial charge in [0.05, 0.1) is 18.8 Å². The molecule has 3 rings (SSSR count). The number of aliphatic hydroxyl groups excluding tert-OH is 1. The van der Waals surface area contributed by atoms with Crippen LogP contribution in [0, 0.1) is 5.82 Å². The van der Waals surface area contributed by atoms with E-state index in [0.29, 0.717) is 18.7 Å². The van der Waals surface area contributed by atoms with Gasteiger partial charge in [-0.2, -0.15) is 0 Å². The fourth-order valence-electron chi connectivity index (χ4n) is 3.42. The van der Waals surface area contributed by atoms with Crippen molar-refractivity contribution in [2.45, 2.75) is 37.5 Å². The van der Waals surface area contributed by atoms with Crippen LogP contribution in [0.15, 0.2) is 18.2 Å². The molecule has 0 radical (unpaired) electrons. The van der Waals surface area contributed by atoms with Crippen molar-refractivity contribution in [3.8, 4) is 5.75 Å². The fraction of sp³-hybridized carbons (Fsp3) is 0.625. The maximum atomic E-state index is 14.2. The van der Waals surface area contributed by atoms with Gasteiger partial charge in [-0.25, -0.2) is 4.39 Å². The molecule has 0 amide bonds. The van der Waals surface area contributed by atoms with Gasteiger partial charge in [0.15, 0.2) is 11.6 Å². The summed E-state index contributed by atoms with van der Waals surface area (Å²) in [6.45, 7) is 2.56. The van der Waals surface area contributed by atoms with E-state index in [1.54, 1.807) is 18.2 Å². The monoisotopic (exact) mass is 295 g/mol. The van der Waals surface area contributed by atoms with Crippen molar-refractivity contribution in [3.05, 3.63) is 29.6 Å². The van der Waals surface area contributed by atoms with Crippen LogP contribution in [0.4, 0.5) is 4.39 Å². The number of rotatable bonds is 3. The molecule has 5 heteroatoms. The van der Waals surface area contributed by atoms with E-state index in [4.69, 9.17) is 9.47 Å². The van der Waals surface area contributed by atoms with E-state index in [0.717, 1.165) is 32.4 Å². The highest BCUT2D eigenvalue weighted by atomic mass is 19.1. The van der Waals surface area contributed by atoms with Crippen molar-refractivity contribution in [1.29, 1.82) is 0 Å². The Labute approximate surface area is 124 Å². The first-order chi connectivity index (χ1) is 10.1. The fourth-order valence-corrected chi connectivity index (χ4v) is 3.42. The van der Waals surface area contributed by atoms with Crippen LogP contribution in [0.1, 0.15) is 24.8 Å². The number of hydrogen-bond donors (Lipinski definition) is 1. The summed E-state index contributed by atoms with van der Waals surface area (Å²) >= 11 is 0. The molecular weight excluding hydrogens is 273 g/mol. The van der Waals surface area contributed by atoms with E-state index in [1.165, 1.54) is 7.11 Å². The zero-order chi connectivity index (χ0) is 14.9. The number of nitrogens with zero attached hydrogens (tertiary/aromatic N) is 1. The average molecular weight is 295 g/mol. The standard InChI is InChI=1S/C16H22FNO3/c1-20-13-5-2-4-12(15(13)17)10-18-8-7-16(14(19)11-18)6-3-9-21-16/h2,4-5,14,19H,3,6-11H2,1H3/t14-,16-/m0/s1. The molecule has 0 unspecified atom stereocenters. The molecule has 1 spiro atoms. The minimum absolute atomic E-state index is 0.264. The minimum atomic E-state index is -0.498. The molecule has 1 aromatic carbocycles. The number of ether oxygens (including phenoxy) is 2. The second-order valence-corrected chi connectivity index (χ2v) is 5.95. The summed E-state index contributed by atoms with van der Waals surface area (Å²) in [6.07, 6.45) is 2.25. The van der Waals surface area contributed by atoms with Crippen LogP contribution >= 0.6 is 0 Å². The van der Waals surface area contributed by atoms with E-state index in [2.05, 4.69) is 4.90 Å². The molecule has 2 saturated heterocycles. The molecule has 4 nitrogen and oxygen atoms in total. The average Bonchev–Trinajstić information content (AvgIpc) is 2.95. The molecule has 1 aromatic rings. The van der Waals surface area contributed by atoms with Crippen LogP contribution < -0.4 is 4.74 Å². The second-order valence-electron chi connectivity index (χ2n) is 5.95. The molecule has 2 atom stereocenters. The maximum absolute atomic E-state index is 14.2. The first-order valence-corrected chi connectivity index (χ1v) is 7.50. The van der Waals surface area contributed by atoms with Gasteiger partial charge >= 0.3 is 0 Å². The van der Waals surface area contributed by atoms with Crippen molar-refractivity contribution in [3.63, 3.8) is 0 Å². The van der Waals surface area contributed by atoms with Crippen molar-refractivity contribution in [2.75, 3.05) is 26.8 Å². The first kappa shape index (κ1) is 14.8. The smallest absolute Gasteiger partial charge is 0.169 e. The summed E-state index contributed by atoms with van der Waals surface area (Å²) in [7, 11) is 1.47. The molecule has 1 N–H and O–H groups in total. The van der Waals surface area contributed by atoms with E-state index in [9.17, 15) is 9.50 Å². The normalized spacial score (nSPS) is 30.0. The lowest BCUT2D eigenvalue weighted by Gasteiger charge is -2.42. The highest BCUT2D eigenvalue weighted by molar-refractivity contribution is 5.31. The number of halogens is 1. The number of aliphatic hydroxyl groups is 1. The van der Waals surface area contributed by atoms with Crippen molar-refractivity contribution < 1.29 is 19.0 Å². The topological polar surface area (TPSA) is 41.9 Å². The largest absolute Gasteiger partial charge is 0.494 e. The molecule has 0 aliphatic carbocycles. The number of benzene rings is 1. The lowest BCUT2D eigenvalue weighted by Crippen LogP contribution is -2.54. The predicted octanol–water partition coefficient (Wildman–Crippen LogP) is 1.95. The number of likely N-dealkylation sites (tertiary alicyclic amines) is 1. The summed E-state index contributed by atoms with van der Waals surface area (Å²) in [5.41, 5.74) is 0.244. The zero-order valence-corrected chi connectivity index (χ0v) is 12.3. The first-order valence-electron chi connectivity index (χ1n) is 7.50. The maximum Gasteiger partial charge on any atom is 0.169 e. The van der Waals surface area contributed by atoms with Gasteiger partial charge in [0.2, 0.25) is 0 Å². The Balaban J connectivity index is 1.67. The summed E-state index contributed by atoms with van der Waals surface area (Å²) in [5, 5.41) is 10.4. The Morgan fingerprint density at radius 3 is 3.00 bits per heavy atom. The van der Waals surface area contributed by atoms with Crippen LogP contribution in [0.25, 0.3) is 0 Å². The molecule has 2 heterocycles. The van der Waals surface area contributed by atoms with E-state index < -0.39 is 6.10 Å². The van der Waals surface area contributed by atoms with Gasteiger partial charge in [0, 0.05) is 31.8 Å². The zero-order valence-electron chi connectivity index (χ0n) is 12.3. The Bertz CT molecular complexity index is 502. The summed E-state index contributed by atoms with van der Waals surface area (Å²) in [4.78, 5) is 2.08. The third kappa shape index (κ3) is 2.78. The third-order valence-corrected chi connectivity index (χ3v) is 4.68. The van der Waals surface area contributed by atoms with Crippen LogP contribution in [0.5, 0.6) is 5.75 Å². The highest BCUT2D eigenvalue weighted by Gasteiger charge is 2.45.